The van der Waals surface area contributed by atoms with Crippen molar-refractivity contribution in [3.63, 3.8) is 0 Å². The van der Waals surface area contributed by atoms with Gasteiger partial charge in [-0.3, -0.25) is 0 Å². The molecular weight excluding hydrogens is 239 g/mol. The highest BCUT2D eigenvalue weighted by atomic mass is 19.1. The van der Waals surface area contributed by atoms with Crippen molar-refractivity contribution in [3.8, 4) is 0 Å². The summed E-state index contributed by atoms with van der Waals surface area (Å²) >= 11 is 0. The Morgan fingerprint density at radius 3 is 2.74 bits per heavy atom. The van der Waals surface area contributed by atoms with Gasteiger partial charge in [-0.2, -0.15) is 0 Å². The van der Waals surface area contributed by atoms with Crippen LogP contribution in [-0.4, -0.2) is 20.1 Å². The summed E-state index contributed by atoms with van der Waals surface area (Å²) in [5, 5.41) is 3.37. The predicted octanol–water partition coefficient (Wildman–Crippen LogP) is 3.73. The lowest BCUT2D eigenvalue weighted by Crippen LogP contribution is -2.31. The highest BCUT2D eigenvalue weighted by Crippen LogP contribution is 2.32. The number of nitrogens with zero attached hydrogens (tertiary/aromatic N) is 1. The molecule has 106 valence electrons. The van der Waals surface area contributed by atoms with Crippen LogP contribution >= 0.6 is 0 Å². The van der Waals surface area contributed by atoms with Gasteiger partial charge >= 0.3 is 0 Å². The second kappa shape index (κ2) is 6.38. The zero-order chi connectivity index (χ0) is 13.8. The molecule has 1 aromatic rings. The minimum Gasteiger partial charge on any atom is -0.372 e. The zero-order valence-electron chi connectivity index (χ0n) is 12.2. The Balaban J connectivity index is 2.20. The van der Waals surface area contributed by atoms with E-state index < -0.39 is 0 Å². The summed E-state index contributed by atoms with van der Waals surface area (Å²) in [6.07, 6.45) is 3.91. The third-order valence-electron chi connectivity index (χ3n) is 4.13. The number of hydrogen-bond donors (Lipinski definition) is 1. The minimum atomic E-state index is -0.107. The third-order valence-corrected chi connectivity index (χ3v) is 4.13. The molecule has 0 spiro atoms. The lowest BCUT2D eigenvalue weighted by Gasteiger charge is -2.33. The van der Waals surface area contributed by atoms with Gasteiger partial charge < -0.3 is 10.2 Å². The maximum atomic E-state index is 14.2. The average molecular weight is 264 g/mol. The van der Waals surface area contributed by atoms with Gasteiger partial charge in [-0.25, -0.2) is 4.39 Å². The van der Waals surface area contributed by atoms with Crippen molar-refractivity contribution < 1.29 is 4.39 Å². The summed E-state index contributed by atoms with van der Waals surface area (Å²) in [4.78, 5) is 2.10. The van der Waals surface area contributed by atoms with Crippen molar-refractivity contribution >= 4 is 5.69 Å². The second-order valence-electron chi connectivity index (χ2n) is 5.63. The smallest absolute Gasteiger partial charge is 0.146 e. The molecule has 1 aromatic carbocycles. The van der Waals surface area contributed by atoms with Gasteiger partial charge in [-0.1, -0.05) is 25.5 Å². The highest BCUT2D eigenvalue weighted by Gasteiger charge is 2.23. The maximum Gasteiger partial charge on any atom is 0.146 e. The summed E-state index contributed by atoms with van der Waals surface area (Å²) < 4.78 is 14.2. The summed E-state index contributed by atoms with van der Waals surface area (Å²) in [6, 6.07) is 5.58. The van der Waals surface area contributed by atoms with Crippen LogP contribution in [0, 0.1) is 11.7 Å². The van der Waals surface area contributed by atoms with E-state index in [9.17, 15) is 4.39 Å². The van der Waals surface area contributed by atoms with Crippen LogP contribution in [0.5, 0.6) is 0 Å². The highest BCUT2D eigenvalue weighted by molar-refractivity contribution is 5.55. The normalized spacial score (nSPS) is 17.1. The lowest BCUT2D eigenvalue weighted by atomic mass is 9.85. The first-order valence-corrected chi connectivity index (χ1v) is 7.36. The molecule has 1 aliphatic rings. The molecule has 0 bridgehead atoms. The van der Waals surface area contributed by atoms with E-state index in [1.807, 2.05) is 13.1 Å². The topological polar surface area (TPSA) is 15.3 Å². The Bertz CT molecular complexity index is 415. The molecule has 1 saturated carbocycles. The number of nitrogens with one attached hydrogen (secondary N) is 1. The second-order valence-corrected chi connectivity index (χ2v) is 5.63. The van der Waals surface area contributed by atoms with E-state index in [4.69, 9.17) is 0 Å². The van der Waals surface area contributed by atoms with Crippen molar-refractivity contribution in [1.29, 1.82) is 0 Å². The Hall–Kier alpha value is -1.09. The van der Waals surface area contributed by atoms with E-state index in [1.165, 1.54) is 19.3 Å². The van der Waals surface area contributed by atoms with E-state index in [0.29, 0.717) is 0 Å². The van der Waals surface area contributed by atoms with Crippen LogP contribution in [0.15, 0.2) is 18.2 Å². The molecule has 1 unspecified atom stereocenters. The number of rotatable bonds is 6. The van der Waals surface area contributed by atoms with Crippen molar-refractivity contribution in [2.45, 2.75) is 39.2 Å². The summed E-state index contributed by atoms with van der Waals surface area (Å²) in [6.45, 7) is 6.03. The summed E-state index contributed by atoms with van der Waals surface area (Å²) in [7, 11) is 2.01. The Kier molecular flexibility index (Phi) is 4.81. The van der Waals surface area contributed by atoms with E-state index in [0.717, 1.165) is 30.3 Å². The molecule has 3 heteroatoms. The SMILES string of the molecule is CCNC(C)c1cccc(F)c1N(C)CC1CCC1. The standard InChI is InChI=1S/C16H25FN2/c1-4-18-12(2)14-9-6-10-15(17)16(14)19(3)11-13-7-5-8-13/h6,9-10,12-13,18H,4-5,7-8,11H2,1-3H3. The molecule has 1 aliphatic carbocycles. The first kappa shape index (κ1) is 14.3. The molecule has 1 fully saturated rings. The molecule has 0 aliphatic heterocycles. The largest absolute Gasteiger partial charge is 0.372 e. The number of hydrogen-bond acceptors (Lipinski definition) is 2. The molecule has 0 heterocycles. The van der Waals surface area contributed by atoms with Gasteiger partial charge in [0, 0.05) is 19.6 Å². The number of para-hydroxylation sites is 1. The molecule has 1 N–H and O–H groups in total. The quantitative estimate of drug-likeness (QED) is 0.842. The molecule has 2 nitrogen and oxygen atoms in total. The van der Waals surface area contributed by atoms with Crippen LogP contribution in [0.2, 0.25) is 0 Å². The molecule has 0 amide bonds. The first-order valence-electron chi connectivity index (χ1n) is 7.36. The molecule has 0 aromatic heterocycles. The van der Waals surface area contributed by atoms with Crippen molar-refractivity contribution in [2.24, 2.45) is 5.92 Å². The number of anilines is 1. The summed E-state index contributed by atoms with van der Waals surface area (Å²) in [5.41, 5.74) is 1.83. The summed E-state index contributed by atoms with van der Waals surface area (Å²) in [5.74, 6) is 0.635. The number of halogens is 1. The van der Waals surface area contributed by atoms with E-state index in [1.54, 1.807) is 12.1 Å². The van der Waals surface area contributed by atoms with Gasteiger partial charge in [0.2, 0.25) is 0 Å². The monoisotopic (exact) mass is 264 g/mol. The molecule has 19 heavy (non-hydrogen) atoms. The average Bonchev–Trinajstić information content (AvgIpc) is 2.33. The Morgan fingerprint density at radius 1 is 1.42 bits per heavy atom. The van der Waals surface area contributed by atoms with Gasteiger partial charge in [0.05, 0.1) is 5.69 Å². The van der Waals surface area contributed by atoms with Gasteiger partial charge in [0.25, 0.3) is 0 Å². The van der Waals surface area contributed by atoms with Crippen molar-refractivity contribution in [2.75, 3.05) is 25.0 Å². The molecule has 1 atom stereocenters. The lowest BCUT2D eigenvalue weighted by molar-refractivity contribution is 0.320. The molecule has 2 rings (SSSR count). The van der Waals surface area contributed by atoms with E-state index in [2.05, 4.69) is 24.1 Å². The van der Waals surface area contributed by atoms with E-state index >= 15 is 0 Å². The zero-order valence-corrected chi connectivity index (χ0v) is 12.2. The van der Waals surface area contributed by atoms with Crippen LogP contribution in [0.25, 0.3) is 0 Å². The Morgan fingerprint density at radius 2 is 2.16 bits per heavy atom. The fourth-order valence-corrected chi connectivity index (χ4v) is 2.85. The van der Waals surface area contributed by atoms with Crippen molar-refractivity contribution in [1.82, 2.24) is 5.32 Å². The van der Waals surface area contributed by atoms with Gasteiger partial charge in [0.15, 0.2) is 0 Å². The fraction of sp³-hybridized carbons (Fsp3) is 0.625. The van der Waals surface area contributed by atoms with Crippen LogP contribution in [0.1, 0.15) is 44.7 Å². The predicted molar refractivity (Wildman–Crippen MR) is 79.1 cm³/mol. The van der Waals surface area contributed by atoms with Crippen LogP contribution in [0.4, 0.5) is 10.1 Å². The van der Waals surface area contributed by atoms with E-state index in [-0.39, 0.29) is 11.9 Å². The van der Waals surface area contributed by atoms with Crippen LogP contribution in [-0.2, 0) is 0 Å². The number of benzene rings is 1. The van der Waals surface area contributed by atoms with Gasteiger partial charge in [-0.15, -0.1) is 0 Å². The van der Waals surface area contributed by atoms with Gasteiger partial charge in [-0.05, 0) is 43.9 Å². The van der Waals surface area contributed by atoms with Gasteiger partial charge in [0.1, 0.15) is 5.82 Å². The first-order chi connectivity index (χ1) is 9.13. The Labute approximate surface area is 116 Å². The molecule has 0 radical (unpaired) electrons. The molecular formula is C16H25FN2. The molecule has 0 saturated heterocycles. The van der Waals surface area contributed by atoms with Crippen molar-refractivity contribution in [3.05, 3.63) is 29.6 Å². The third kappa shape index (κ3) is 3.27. The minimum absolute atomic E-state index is 0.107. The fourth-order valence-electron chi connectivity index (χ4n) is 2.85. The van der Waals surface area contributed by atoms with Crippen LogP contribution < -0.4 is 10.2 Å². The maximum absolute atomic E-state index is 14.2. The van der Waals surface area contributed by atoms with Crippen LogP contribution in [0.3, 0.4) is 0 Å².